The molecule has 4 aromatic carbocycles. The van der Waals surface area contributed by atoms with Gasteiger partial charge in [-0.3, -0.25) is 4.90 Å². The second-order valence-electron chi connectivity index (χ2n) is 10.3. The number of halogens is 2. The van der Waals surface area contributed by atoms with Crippen molar-refractivity contribution in [2.24, 2.45) is 0 Å². The second kappa shape index (κ2) is 9.74. The quantitative estimate of drug-likeness (QED) is 0.248. The zero-order chi connectivity index (χ0) is 26.5. The minimum absolute atomic E-state index is 0.0493. The van der Waals surface area contributed by atoms with Gasteiger partial charge < -0.3 is 14.5 Å². The van der Waals surface area contributed by atoms with E-state index in [4.69, 9.17) is 21.1 Å². The Kier molecular flexibility index (Phi) is 6.06. The molecular formula is C33H28ClFN2O2. The predicted molar refractivity (Wildman–Crippen MR) is 152 cm³/mol. The number of aromatic amines is 1. The molecule has 196 valence electrons. The Morgan fingerprint density at radius 3 is 2.59 bits per heavy atom. The average molecular weight is 539 g/mol. The molecule has 3 heterocycles. The SMILES string of the molecule is COc1cc2c(cc1OCc1ccccc1)C1Cc3c([nH]c4cccc(Cl)c34)C(c3ccc(F)cc3)N1CC2. The molecule has 0 aliphatic carbocycles. The molecule has 4 nitrogen and oxygen atoms in total. The molecule has 2 atom stereocenters. The fraction of sp³-hybridized carbons (Fsp3) is 0.212. The van der Waals surface area contributed by atoms with Crippen LogP contribution in [0.25, 0.3) is 10.9 Å². The van der Waals surface area contributed by atoms with Gasteiger partial charge in [-0.05, 0) is 77.1 Å². The van der Waals surface area contributed by atoms with E-state index in [2.05, 4.69) is 40.2 Å². The van der Waals surface area contributed by atoms with Crippen LogP contribution in [0.2, 0.25) is 5.02 Å². The molecular weight excluding hydrogens is 511 g/mol. The molecule has 1 N–H and O–H groups in total. The lowest BCUT2D eigenvalue weighted by atomic mass is 9.80. The third-order valence-corrected chi connectivity index (χ3v) is 8.47. The van der Waals surface area contributed by atoms with Crippen molar-refractivity contribution in [1.82, 2.24) is 9.88 Å². The minimum atomic E-state index is -0.234. The lowest BCUT2D eigenvalue weighted by Crippen LogP contribution is -2.43. The molecule has 6 heteroatoms. The number of nitrogens with one attached hydrogen (secondary N) is 1. The van der Waals surface area contributed by atoms with Gasteiger partial charge in [-0.15, -0.1) is 0 Å². The summed E-state index contributed by atoms with van der Waals surface area (Å²) in [5.74, 6) is 1.25. The van der Waals surface area contributed by atoms with Crippen LogP contribution >= 0.6 is 11.6 Å². The van der Waals surface area contributed by atoms with Crippen molar-refractivity contribution >= 4 is 22.5 Å². The van der Waals surface area contributed by atoms with Gasteiger partial charge in [0.1, 0.15) is 12.4 Å². The zero-order valence-electron chi connectivity index (χ0n) is 21.6. The van der Waals surface area contributed by atoms with Crippen LogP contribution in [0.3, 0.4) is 0 Å². The molecule has 2 aliphatic rings. The number of nitrogens with zero attached hydrogens (tertiary/aromatic N) is 1. The molecule has 2 aliphatic heterocycles. The number of methoxy groups -OCH3 is 1. The number of fused-ring (bicyclic) bond motifs is 6. The highest BCUT2D eigenvalue weighted by atomic mass is 35.5. The van der Waals surface area contributed by atoms with Gasteiger partial charge in [0.25, 0.3) is 0 Å². The highest BCUT2D eigenvalue weighted by molar-refractivity contribution is 6.35. The maximum atomic E-state index is 13.9. The van der Waals surface area contributed by atoms with Crippen molar-refractivity contribution in [2.45, 2.75) is 31.5 Å². The van der Waals surface area contributed by atoms with Gasteiger partial charge in [0, 0.05) is 29.2 Å². The van der Waals surface area contributed by atoms with Gasteiger partial charge in [0.15, 0.2) is 11.5 Å². The summed E-state index contributed by atoms with van der Waals surface area (Å²) < 4.78 is 26.0. The number of hydrogen-bond donors (Lipinski definition) is 1. The molecule has 0 saturated heterocycles. The Bertz CT molecular complexity index is 1670. The lowest BCUT2D eigenvalue weighted by molar-refractivity contribution is 0.127. The average Bonchev–Trinajstić information content (AvgIpc) is 3.35. The molecule has 39 heavy (non-hydrogen) atoms. The summed E-state index contributed by atoms with van der Waals surface area (Å²) in [6.45, 7) is 1.33. The molecule has 5 aromatic rings. The van der Waals surface area contributed by atoms with E-state index in [0.717, 1.165) is 63.6 Å². The summed E-state index contributed by atoms with van der Waals surface area (Å²) in [6.07, 6.45) is 1.70. The van der Waals surface area contributed by atoms with E-state index in [9.17, 15) is 4.39 Å². The number of aromatic nitrogens is 1. The van der Waals surface area contributed by atoms with Gasteiger partial charge in [0.2, 0.25) is 0 Å². The number of benzene rings is 4. The van der Waals surface area contributed by atoms with Crippen LogP contribution in [0, 0.1) is 5.82 Å². The summed E-state index contributed by atoms with van der Waals surface area (Å²) in [6, 6.07) is 27.4. The van der Waals surface area contributed by atoms with E-state index in [0.29, 0.717) is 6.61 Å². The molecule has 0 saturated carbocycles. The van der Waals surface area contributed by atoms with Crippen LogP contribution in [0.1, 0.15) is 45.6 Å². The van der Waals surface area contributed by atoms with E-state index >= 15 is 0 Å². The van der Waals surface area contributed by atoms with Crippen LogP contribution in [-0.2, 0) is 19.4 Å². The highest BCUT2D eigenvalue weighted by Gasteiger charge is 2.41. The summed E-state index contributed by atoms with van der Waals surface area (Å²) in [5, 5.41) is 1.82. The monoisotopic (exact) mass is 538 g/mol. The first-order valence-electron chi connectivity index (χ1n) is 13.3. The molecule has 0 spiro atoms. The second-order valence-corrected chi connectivity index (χ2v) is 10.7. The van der Waals surface area contributed by atoms with Crippen LogP contribution < -0.4 is 9.47 Å². The maximum Gasteiger partial charge on any atom is 0.162 e. The van der Waals surface area contributed by atoms with Gasteiger partial charge in [-0.1, -0.05) is 60.1 Å². The van der Waals surface area contributed by atoms with Crippen molar-refractivity contribution in [3.05, 3.63) is 129 Å². The highest BCUT2D eigenvalue weighted by Crippen LogP contribution is 2.50. The molecule has 2 unspecified atom stereocenters. The zero-order valence-corrected chi connectivity index (χ0v) is 22.3. The smallest absolute Gasteiger partial charge is 0.162 e. The fourth-order valence-electron chi connectivity index (χ4n) is 6.37. The van der Waals surface area contributed by atoms with Gasteiger partial charge in [0.05, 0.1) is 18.2 Å². The first-order chi connectivity index (χ1) is 19.1. The van der Waals surface area contributed by atoms with E-state index in [1.165, 1.54) is 16.7 Å². The first-order valence-corrected chi connectivity index (χ1v) is 13.7. The Morgan fingerprint density at radius 2 is 1.79 bits per heavy atom. The Hall–Kier alpha value is -3.80. The van der Waals surface area contributed by atoms with Crippen molar-refractivity contribution in [1.29, 1.82) is 0 Å². The fourth-order valence-corrected chi connectivity index (χ4v) is 6.66. The molecule has 0 fully saturated rings. The largest absolute Gasteiger partial charge is 0.493 e. The lowest BCUT2D eigenvalue weighted by Gasteiger charge is -2.46. The van der Waals surface area contributed by atoms with Crippen molar-refractivity contribution in [2.75, 3.05) is 13.7 Å². The van der Waals surface area contributed by atoms with Crippen LogP contribution in [-0.4, -0.2) is 23.5 Å². The summed E-state index contributed by atoms with van der Waals surface area (Å²) in [4.78, 5) is 6.22. The summed E-state index contributed by atoms with van der Waals surface area (Å²) >= 11 is 6.77. The molecule has 1 aromatic heterocycles. The Labute approximate surface area is 231 Å². The van der Waals surface area contributed by atoms with Crippen LogP contribution in [0.15, 0.2) is 84.9 Å². The maximum absolute atomic E-state index is 13.9. The summed E-state index contributed by atoms with van der Waals surface area (Å²) in [5.41, 5.74) is 8.06. The molecule has 0 bridgehead atoms. The predicted octanol–water partition coefficient (Wildman–Crippen LogP) is 7.79. The topological polar surface area (TPSA) is 37.5 Å². The number of hydrogen-bond acceptors (Lipinski definition) is 3. The Morgan fingerprint density at radius 1 is 0.974 bits per heavy atom. The van der Waals surface area contributed by atoms with E-state index < -0.39 is 0 Å². The van der Waals surface area contributed by atoms with Gasteiger partial charge in [-0.25, -0.2) is 4.39 Å². The van der Waals surface area contributed by atoms with Crippen molar-refractivity contribution in [3.8, 4) is 11.5 Å². The Balaban J connectivity index is 1.35. The molecule has 0 amide bonds. The van der Waals surface area contributed by atoms with Crippen molar-refractivity contribution in [3.63, 3.8) is 0 Å². The first kappa shape index (κ1) is 24.3. The number of H-pyrrole nitrogens is 1. The third kappa shape index (κ3) is 4.17. The normalized spacial score (nSPS) is 18.3. The van der Waals surface area contributed by atoms with Crippen LogP contribution in [0.5, 0.6) is 11.5 Å². The standard InChI is InChI=1S/C33H28ClFN2O2/c1-38-29-16-22-14-15-37-28(24(22)18-30(29)39-19-20-6-3-2-4-7-20)17-25-31-26(34)8-5-9-27(31)36-32(25)33(37)21-10-12-23(35)13-11-21/h2-13,16,18,28,33,36H,14-15,17,19H2,1H3. The van der Waals surface area contributed by atoms with Gasteiger partial charge in [-0.2, -0.15) is 0 Å². The third-order valence-electron chi connectivity index (χ3n) is 8.16. The molecule has 7 rings (SSSR count). The van der Waals surface area contributed by atoms with Gasteiger partial charge >= 0.3 is 0 Å². The van der Waals surface area contributed by atoms with E-state index in [1.807, 2.05) is 42.5 Å². The summed E-state index contributed by atoms with van der Waals surface area (Å²) in [7, 11) is 1.69. The minimum Gasteiger partial charge on any atom is -0.493 e. The number of rotatable bonds is 5. The van der Waals surface area contributed by atoms with E-state index in [1.54, 1.807) is 19.2 Å². The van der Waals surface area contributed by atoms with Crippen molar-refractivity contribution < 1.29 is 13.9 Å². The van der Waals surface area contributed by atoms with Crippen LogP contribution in [0.4, 0.5) is 4.39 Å². The van der Waals surface area contributed by atoms with E-state index in [-0.39, 0.29) is 17.9 Å². The molecule has 0 radical (unpaired) electrons. The number of ether oxygens (including phenoxy) is 2.